The van der Waals surface area contributed by atoms with Gasteiger partial charge in [-0.2, -0.15) is 0 Å². The Balaban J connectivity index is 1.81. The first-order valence-electron chi connectivity index (χ1n) is 7.43. The predicted molar refractivity (Wildman–Crippen MR) is 94.5 cm³/mol. The molecular weight excluding hydrogens is 328 g/mol. The van der Waals surface area contributed by atoms with Crippen molar-refractivity contribution in [1.82, 2.24) is 5.32 Å². The molecule has 2 aromatic rings. The van der Waals surface area contributed by atoms with Gasteiger partial charge in [0.2, 0.25) is 11.8 Å². The van der Waals surface area contributed by atoms with Crippen LogP contribution >= 0.6 is 11.6 Å². The Labute approximate surface area is 146 Å². The van der Waals surface area contributed by atoms with E-state index in [2.05, 4.69) is 10.6 Å². The lowest BCUT2D eigenvalue weighted by Gasteiger charge is -2.09. The molecule has 0 atom stereocenters. The van der Waals surface area contributed by atoms with Crippen molar-refractivity contribution < 1.29 is 14.3 Å². The van der Waals surface area contributed by atoms with Crippen LogP contribution < -0.4 is 15.4 Å². The number of carbonyl (C=O) groups is 2. The molecule has 0 aliphatic rings. The zero-order valence-corrected chi connectivity index (χ0v) is 14.3. The number of hydrogen-bond acceptors (Lipinski definition) is 3. The molecule has 0 aliphatic carbocycles. The smallest absolute Gasteiger partial charge is 0.243 e. The number of hydrogen-bond donors (Lipinski definition) is 2. The molecule has 24 heavy (non-hydrogen) atoms. The molecule has 2 aromatic carbocycles. The Morgan fingerprint density at radius 3 is 2.42 bits per heavy atom. The average Bonchev–Trinajstić information content (AvgIpc) is 2.55. The normalized spacial score (nSPS) is 10.1. The highest BCUT2D eigenvalue weighted by Gasteiger charge is 2.08. The maximum Gasteiger partial charge on any atom is 0.243 e. The first kappa shape index (κ1) is 17.8. The number of ether oxygens (including phenoxy) is 1. The van der Waals surface area contributed by atoms with Gasteiger partial charge in [-0.3, -0.25) is 9.59 Å². The van der Waals surface area contributed by atoms with Crippen LogP contribution in [0.1, 0.15) is 11.1 Å². The highest BCUT2D eigenvalue weighted by Crippen LogP contribution is 2.27. The molecule has 0 fully saturated rings. The molecule has 6 heteroatoms. The van der Waals surface area contributed by atoms with Crippen LogP contribution in [0.5, 0.6) is 5.75 Å². The summed E-state index contributed by atoms with van der Waals surface area (Å²) in [7, 11) is 1.52. The summed E-state index contributed by atoms with van der Waals surface area (Å²) >= 11 is 6.00. The van der Waals surface area contributed by atoms with Crippen LogP contribution in [0.4, 0.5) is 5.69 Å². The largest absolute Gasteiger partial charge is 0.495 e. The summed E-state index contributed by atoms with van der Waals surface area (Å²) < 4.78 is 5.05. The summed E-state index contributed by atoms with van der Waals surface area (Å²) in [5, 5.41) is 5.66. The van der Waals surface area contributed by atoms with Gasteiger partial charge in [-0.1, -0.05) is 41.4 Å². The first-order chi connectivity index (χ1) is 11.5. The van der Waals surface area contributed by atoms with Gasteiger partial charge in [-0.25, -0.2) is 0 Å². The van der Waals surface area contributed by atoms with E-state index in [0.29, 0.717) is 16.5 Å². The lowest BCUT2D eigenvalue weighted by molar-refractivity contribution is -0.123. The third kappa shape index (κ3) is 5.28. The highest BCUT2D eigenvalue weighted by molar-refractivity contribution is 6.32. The predicted octanol–water partition coefficient (Wildman–Crippen LogP) is 2.95. The molecule has 0 saturated heterocycles. The fourth-order valence-corrected chi connectivity index (χ4v) is 2.34. The van der Waals surface area contributed by atoms with Crippen molar-refractivity contribution in [2.75, 3.05) is 19.0 Å². The van der Waals surface area contributed by atoms with Crippen molar-refractivity contribution in [3.05, 3.63) is 58.6 Å². The van der Waals surface area contributed by atoms with Crippen LogP contribution in [0.2, 0.25) is 5.02 Å². The van der Waals surface area contributed by atoms with E-state index in [4.69, 9.17) is 16.3 Å². The summed E-state index contributed by atoms with van der Waals surface area (Å²) in [4.78, 5) is 23.7. The fraction of sp³-hybridized carbons (Fsp3) is 0.222. The third-order valence-corrected chi connectivity index (χ3v) is 3.66. The zero-order valence-electron chi connectivity index (χ0n) is 13.6. The molecule has 0 aromatic heterocycles. The van der Waals surface area contributed by atoms with E-state index in [1.165, 1.54) is 7.11 Å². The molecule has 0 radical (unpaired) electrons. The van der Waals surface area contributed by atoms with Gasteiger partial charge >= 0.3 is 0 Å². The third-order valence-electron chi connectivity index (χ3n) is 3.37. The quantitative estimate of drug-likeness (QED) is 0.845. The average molecular weight is 347 g/mol. The van der Waals surface area contributed by atoms with E-state index >= 15 is 0 Å². The molecule has 0 spiro atoms. The number of benzene rings is 2. The Hall–Kier alpha value is -2.53. The zero-order chi connectivity index (χ0) is 17.5. The van der Waals surface area contributed by atoms with Gasteiger partial charge in [0.05, 0.1) is 25.1 Å². The topological polar surface area (TPSA) is 67.4 Å². The monoisotopic (exact) mass is 346 g/mol. The van der Waals surface area contributed by atoms with E-state index in [-0.39, 0.29) is 24.8 Å². The number of aryl methyl sites for hydroxylation is 1. The molecule has 0 bridgehead atoms. The Morgan fingerprint density at radius 1 is 1.08 bits per heavy atom. The Morgan fingerprint density at radius 2 is 1.79 bits per heavy atom. The number of amides is 2. The number of rotatable bonds is 6. The lowest BCUT2D eigenvalue weighted by atomic mass is 10.1. The van der Waals surface area contributed by atoms with Crippen LogP contribution in [0.3, 0.4) is 0 Å². The number of anilines is 1. The van der Waals surface area contributed by atoms with Gasteiger partial charge in [0.25, 0.3) is 0 Å². The lowest BCUT2D eigenvalue weighted by Crippen LogP contribution is -2.33. The van der Waals surface area contributed by atoms with Gasteiger partial charge in [-0.15, -0.1) is 0 Å². The van der Waals surface area contributed by atoms with E-state index < -0.39 is 0 Å². The molecule has 2 N–H and O–H groups in total. The van der Waals surface area contributed by atoms with Crippen molar-refractivity contribution in [3.63, 3.8) is 0 Å². The summed E-state index contributed by atoms with van der Waals surface area (Å²) in [5.74, 6) is -0.00341. The van der Waals surface area contributed by atoms with Crippen LogP contribution in [-0.4, -0.2) is 25.5 Å². The second-order valence-corrected chi connectivity index (χ2v) is 5.74. The van der Waals surface area contributed by atoms with Gasteiger partial charge in [0.1, 0.15) is 5.75 Å². The molecule has 5 nitrogen and oxygen atoms in total. The number of methoxy groups -OCH3 is 1. The van der Waals surface area contributed by atoms with Gasteiger partial charge in [0, 0.05) is 5.69 Å². The van der Waals surface area contributed by atoms with Crippen molar-refractivity contribution >= 4 is 29.1 Å². The van der Waals surface area contributed by atoms with Crippen molar-refractivity contribution in [2.24, 2.45) is 0 Å². The number of carbonyl (C=O) groups excluding carboxylic acids is 2. The maximum absolute atomic E-state index is 11.9. The second-order valence-electron chi connectivity index (χ2n) is 5.34. The molecule has 0 aliphatic heterocycles. The van der Waals surface area contributed by atoms with Gasteiger partial charge in [-0.05, 0) is 30.7 Å². The summed E-state index contributed by atoms with van der Waals surface area (Å²) in [6.45, 7) is 1.88. The van der Waals surface area contributed by atoms with Crippen LogP contribution in [0.15, 0.2) is 42.5 Å². The number of halogens is 1. The Kier molecular flexibility index (Phi) is 6.21. The highest BCUT2D eigenvalue weighted by atomic mass is 35.5. The van der Waals surface area contributed by atoms with E-state index in [9.17, 15) is 9.59 Å². The van der Waals surface area contributed by atoms with E-state index in [0.717, 1.165) is 11.1 Å². The first-order valence-corrected chi connectivity index (χ1v) is 7.81. The minimum absolute atomic E-state index is 0.103. The van der Waals surface area contributed by atoms with Crippen LogP contribution in [0.25, 0.3) is 0 Å². The van der Waals surface area contributed by atoms with Crippen molar-refractivity contribution in [1.29, 1.82) is 0 Å². The van der Waals surface area contributed by atoms with Gasteiger partial charge in [0.15, 0.2) is 0 Å². The molecular formula is C18H19ClN2O3. The molecule has 0 unspecified atom stereocenters. The van der Waals surface area contributed by atoms with Gasteiger partial charge < -0.3 is 15.4 Å². The minimum Gasteiger partial charge on any atom is -0.495 e. The van der Waals surface area contributed by atoms with Crippen LogP contribution in [-0.2, 0) is 16.0 Å². The standard InChI is InChI=1S/C18H19ClN2O3/c1-12-3-5-13(6-4-12)9-17(22)20-11-18(23)21-14-7-8-16(24-2)15(19)10-14/h3-8,10H,9,11H2,1-2H3,(H,20,22)(H,21,23). The fourth-order valence-electron chi connectivity index (χ4n) is 2.08. The van der Waals surface area contributed by atoms with E-state index in [1.807, 2.05) is 31.2 Å². The molecule has 126 valence electrons. The van der Waals surface area contributed by atoms with Crippen LogP contribution in [0, 0.1) is 6.92 Å². The van der Waals surface area contributed by atoms with Crippen molar-refractivity contribution in [2.45, 2.75) is 13.3 Å². The number of nitrogens with one attached hydrogen (secondary N) is 2. The van der Waals surface area contributed by atoms with E-state index in [1.54, 1.807) is 18.2 Å². The maximum atomic E-state index is 11.9. The van der Waals surface area contributed by atoms with Crippen molar-refractivity contribution in [3.8, 4) is 5.75 Å². The summed E-state index contributed by atoms with van der Waals surface area (Å²) in [5.41, 5.74) is 2.58. The molecule has 2 amide bonds. The molecule has 0 saturated carbocycles. The summed E-state index contributed by atoms with van der Waals surface area (Å²) in [6.07, 6.45) is 0.238. The molecule has 0 heterocycles. The Bertz CT molecular complexity index is 730. The minimum atomic E-state index is -0.325. The SMILES string of the molecule is COc1ccc(NC(=O)CNC(=O)Cc2ccc(C)cc2)cc1Cl. The summed E-state index contributed by atoms with van der Waals surface area (Å²) in [6, 6.07) is 12.6. The molecule has 2 rings (SSSR count). The second kappa shape index (κ2) is 8.36.